The highest BCUT2D eigenvalue weighted by Gasteiger charge is 2.02. The van der Waals surface area contributed by atoms with Gasteiger partial charge in [-0.25, -0.2) is 0 Å². The molecule has 0 aromatic heterocycles. The topological polar surface area (TPSA) is 81.4 Å². The van der Waals surface area contributed by atoms with Gasteiger partial charge in [-0.1, -0.05) is 12.1 Å². The van der Waals surface area contributed by atoms with Crippen LogP contribution in [0.3, 0.4) is 0 Å². The van der Waals surface area contributed by atoms with Crippen LogP contribution < -0.4 is 11.1 Å². The maximum atomic E-state index is 11.0. The lowest BCUT2D eigenvalue weighted by Crippen LogP contribution is -2.19. The van der Waals surface area contributed by atoms with Crippen LogP contribution in [-0.4, -0.2) is 25.5 Å². The van der Waals surface area contributed by atoms with Crippen molar-refractivity contribution in [2.24, 2.45) is 5.73 Å². The summed E-state index contributed by atoms with van der Waals surface area (Å²) in [6, 6.07) is 7.06. The highest BCUT2D eigenvalue weighted by atomic mass is 16.5. The van der Waals surface area contributed by atoms with E-state index in [0.717, 1.165) is 5.56 Å². The second-order valence-electron chi connectivity index (χ2n) is 3.57. The number of hydrogen-bond donors (Lipinski definition) is 2. The highest BCUT2D eigenvalue weighted by molar-refractivity contribution is 5.92. The monoisotopic (exact) mass is 236 g/mol. The Bertz CT molecular complexity index is 404. The Morgan fingerprint density at radius 2 is 2.18 bits per heavy atom. The third-order valence-corrected chi connectivity index (χ3v) is 2.27. The van der Waals surface area contributed by atoms with Crippen molar-refractivity contribution >= 4 is 11.9 Å². The molecule has 0 bridgehead atoms. The summed E-state index contributed by atoms with van der Waals surface area (Å²) in [6.07, 6.45) is 0.325. The van der Waals surface area contributed by atoms with Crippen LogP contribution in [-0.2, 0) is 16.1 Å². The zero-order chi connectivity index (χ0) is 12.7. The Hall–Kier alpha value is -1.88. The van der Waals surface area contributed by atoms with E-state index >= 15 is 0 Å². The van der Waals surface area contributed by atoms with Crippen molar-refractivity contribution in [3.05, 3.63) is 35.4 Å². The Morgan fingerprint density at radius 3 is 2.82 bits per heavy atom. The number of ether oxygens (including phenoxy) is 1. The number of nitrogens with two attached hydrogens (primary N) is 1. The number of benzene rings is 1. The molecule has 3 N–H and O–H groups in total. The van der Waals surface area contributed by atoms with E-state index < -0.39 is 5.91 Å². The molecule has 0 unspecified atom stereocenters. The maximum Gasteiger partial charge on any atom is 0.306 e. The van der Waals surface area contributed by atoms with Crippen LogP contribution in [0.15, 0.2) is 24.3 Å². The number of carbonyl (C=O) groups excluding carboxylic acids is 2. The maximum absolute atomic E-state index is 11.0. The smallest absolute Gasteiger partial charge is 0.306 e. The van der Waals surface area contributed by atoms with E-state index in [1.54, 1.807) is 18.2 Å². The van der Waals surface area contributed by atoms with Gasteiger partial charge in [-0.05, 0) is 17.7 Å². The highest BCUT2D eigenvalue weighted by Crippen LogP contribution is 2.04. The Labute approximate surface area is 99.9 Å². The van der Waals surface area contributed by atoms with E-state index in [4.69, 9.17) is 5.73 Å². The molecule has 1 aromatic carbocycles. The molecule has 0 aliphatic carbocycles. The fourth-order valence-corrected chi connectivity index (χ4v) is 1.36. The lowest BCUT2D eigenvalue weighted by Gasteiger charge is -2.05. The first kappa shape index (κ1) is 13.2. The predicted molar refractivity (Wildman–Crippen MR) is 63.3 cm³/mol. The summed E-state index contributed by atoms with van der Waals surface area (Å²) in [7, 11) is 1.36. The van der Waals surface area contributed by atoms with Crippen LogP contribution >= 0.6 is 0 Å². The summed E-state index contributed by atoms with van der Waals surface area (Å²) in [5.41, 5.74) is 6.61. The van der Waals surface area contributed by atoms with Gasteiger partial charge in [-0.2, -0.15) is 0 Å². The van der Waals surface area contributed by atoms with Crippen molar-refractivity contribution in [1.82, 2.24) is 5.32 Å². The molecule has 0 aliphatic rings. The zero-order valence-corrected chi connectivity index (χ0v) is 9.73. The molecular weight excluding hydrogens is 220 g/mol. The molecule has 17 heavy (non-hydrogen) atoms. The molecule has 0 fully saturated rings. The lowest BCUT2D eigenvalue weighted by molar-refractivity contribution is -0.140. The summed E-state index contributed by atoms with van der Waals surface area (Å²) in [5.74, 6) is -0.690. The third kappa shape index (κ3) is 4.65. The van der Waals surface area contributed by atoms with Crippen LogP contribution in [0.25, 0.3) is 0 Å². The van der Waals surface area contributed by atoms with E-state index in [9.17, 15) is 9.59 Å². The molecule has 0 saturated heterocycles. The van der Waals surface area contributed by atoms with E-state index in [-0.39, 0.29) is 5.97 Å². The van der Waals surface area contributed by atoms with Gasteiger partial charge in [-0.3, -0.25) is 9.59 Å². The standard InChI is InChI=1S/C12H16N2O3/c1-17-11(15)5-6-14-8-9-3-2-4-10(7-9)12(13)16/h2-4,7,14H,5-6,8H2,1H3,(H2,13,16). The second kappa shape index (κ2) is 6.65. The number of methoxy groups -OCH3 is 1. The number of esters is 1. The number of carbonyl (C=O) groups is 2. The van der Waals surface area contributed by atoms with Crippen LogP contribution in [0.5, 0.6) is 0 Å². The van der Waals surface area contributed by atoms with Gasteiger partial charge in [0.25, 0.3) is 0 Å². The van der Waals surface area contributed by atoms with Gasteiger partial charge >= 0.3 is 5.97 Å². The number of rotatable bonds is 6. The molecule has 0 radical (unpaired) electrons. The van der Waals surface area contributed by atoms with Crippen molar-refractivity contribution in [3.8, 4) is 0 Å². The van der Waals surface area contributed by atoms with E-state index in [2.05, 4.69) is 10.1 Å². The minimum absolute atomic E-state index is 0.247. The Kier molecular flexibility index (Phi) is 5.16. The van der Waals surface area contributed by atoms with Crippen molar-refractivity contribution in [3.63, 3.8) is 0 Å². The van der Waals surface area contributed by atoms with Crippen molar-refractivity contribution in [1.29, 1.82) is 0 Å². The summed E-state index contributed by atoms with van der Waals surface area (Å²) in [6.45, 7) is 1.12. The summed E-state index contributed by atoms with van der Waals surface area (Å²) < 4.78 is 4.51. The van der Waals surface area contributed by atoms with E-state index in [1.165, 1.54) is 7.11 Å². The molecule has 92 valence electrons. The lowest BCUT2D eigenvalue weighted by atomic mass is 10.1. The Balaban J connectivity index is 2.39. The average molecular weight is 236 g/mol. The van der Waals surface area contributed by atoms with Crippen molar-refractivity contribution in [2.45, 2.75) is 13.0 Å². The first-order valence-electron chi connectivity index (χ1n) is 5.29. The van der Waals surface area contributed by atoms with Gasteiger partial charge in [-0.15, -0.1) is 0 Å². The van der Waals surface area contributed by atoms with Gasteiger partial charge < -0.3 is 15.8 Å². The summed E-state index contributed by atoms with van der Waals surface area (Å²) >= 11 is 0. The number of primary amides is 1. The van der Waals surface area contributed by atoms with Gasteiger partial charge in [0.2, 0.25) is 5.91 Å². The van der Waals surface area contributed by atoms with Crippen LogP contribution in [0, 0.1) is 0 Å². The zero-order valence-electron chi connectivity index (χ0n) is 9.73. The Morgan fingerprint density at radius 1 is 1.41 bits per heavy atom. The van der Waals surface area contributed by atoms with Crippen molar-refractivity contribution < 1.29 is 14.3 Å². The van der Waals surface area contributed by atoms with Crippen LogP contribution in [0.1, 0.15) is 22.3 Å². The molecule has 0 atom stereocenters. The van der Waals surface area contributed by atoms with Crippen molar-refractivity contribution in [2.75, 3.05) is 13.7 Å². The van der Waals surface area contributed by atoms with Crippen LogP contribution in [0.4, 0.5) is 0 Å². The molecule has 0 aliphatic heterocycles. The SMILES string of the molecule is COC(=O)CCNCc1cccc(C(N)=O)c1. The average Bonchev–Trinajstić information content (AvgIpc) is 2.34. The number of amides is 1. The minimum atomic E-state index is -0.443. The fraction of sp³-hybridized carbons (Fsp3) is 0.333. The molecule has 0 heterocycles. The predicted octanol–water partition coefficient (Wildman–Crippen LogP) is 0.438. The molecule has 1 rings (SSSR count). The molecule has 0 saturated carbocycles. The number of hydrogen-bond acceptors (Lipinski definition) is 4. The molecule has 5 heteroatoms. The number of nitrogens with one attached hydrogen (secondary N) is 1. The summed E-state index contributed by atoms with van der Waals surface area (Å²) in [5, 5.41) is 3.08. The van der Waals surface area contributed by atoms with Crippen LogP contribution in [0.2, 0.25) is 0 Å². The van der Waals surface area contributed by atoms with Gasteiger partial charge in [0.15, 0.2) is 0 Å². The third-order valence-electron chi connectivity index (χ3n) is 2.27. The minimum Gasteiger partial charge on any atom is -0.469 e. The van der Waals surface area contributed by atoms with E-state index in [0.29, 0.717) is 25.1 Å². The second-order valence-corrected chi connectivity index (χ2v) is 3.57. The fourth-order valence-electron chi connectivity index (χ4n) is 1.36. The molecule has 1 aromatic rings. The molecular formula is C12H16N2O3. The normalized spacial score (nSPS) is 9.94. The van der Waals surface area contributed by atoms with Gasteiger partial charge in [0.1, 0.15) is 0 Å². The molecule has 1 amide bonds. The first-order valence-corrected chi connectivity index (χ1v) is 5.29. The molecule has 0 spiro atoms. The summed E-state index contributed by atoms with van der Waals surface area (Å²) in [4.78, 5) is 21.8. The quantitative estimate of drug-likeness (QED) is 0.554. The van der Waals surface area contributed by atoms with E-state index in [1.807, 2.05) is 6.07 Å². The van der Waals surface area contributed by atoms with Gasteiger partial charge in [0, 0.05) is 18.7 Å². The van der Waals surface area contributed by atoms with Gasteiger partial charge in [0.05, 0.1) is 13.5 Å². The molecule has 5 nitrogen and oxygen atoms in total. The first-order chi connectivity index (χ1) is 8.13. The largest absolute Gasteiger partial charge is 0.469 e.